The summed E-state index contributed by atoms with van der Waals surface area (Å²) in [6.07, 6.45) is 2.45. The first-order chi connectivity index (χ1) is 18.1. The van der Waals surface area contributed by atoms with Crippen molar-refractivity contribution in [2.24, 2.45) is 5.92 Å². The van der Waals surface area contributed by atoms with Gasteiger partial charge >= 0.3 is 0 Å². The van der Waals surface area contributed by atoms with E-state index in [4.69, 9.17) is 4.74 Å². The summed E-state index contributed by atoms with van der Waals surface area (Å²) in [5.41, 5.74) is -0.0587. The van der Waals surface area contributed by atoms with E-state index in [1.54, 1.807) is 18.7 Å². The average molecular weight is 525 g/mol. The van der Waals surface area contributed by atoms with Crippen molar-refractivity contribution in [2.45, 2.75) is 71.1 Å². The molecule has 1 heterocycles. The molecular formula is C30H44N4O4. The third kappa shape index (κ3) is 8.01. The zero-order chi connectivity index (χ0) is 27.7. The number of benzene rings is 2. The van der Waals surface area contributed by atoms with Crippen molar-refractivity contribution in [2.75, 3.05) is 33.3 Å². The Labute approximate surface area is 226 Å². The summed E-state index contributed by atoms with van der Waals surface area (Å²) in [5.74, 6) is -0.171. The van der Waals surface area contributed by atoms with Gasteiger partial charge in [-0.1, -0.05) is 56.3 Å². The molecule has 2 unspecified atom stereocenters. The first kappa shape index (κ1) is 29.6. The van der Waals surface area contributed by atoms with Crippen molar-refractivity contribution < 1.29 is 19.1 Å². The zero-order valence-corrected chi connectivity index (χ0v) is 23.5. The van der Waals surface area contributed by atoms with Gasteiger partial charge in [0, 0.05) is 26.6 Å². The second kappa shape index (κ2) is 13.7. The second-order valence-corrected chi connectivity index (χ2v) is 11.1. The van der Waals surface area contributed by atoms with Crippen LogP contribution in [0.4, 0.5) is 0 Å². The van der Waals surface area contributed by atoms with E-state index in [2.05, 4.69) is 35.9 Å². The van der Waals surface area contributed by atoms with Crippen molar-refractivity contribution in [1.82, 2.24) is 20.9 Å². The summed E-state index contributed by atoms with van der Waals surface area (Å²) >= 11 is 0. The number of nitrogens with zero attached hydrogens (tertiary/aromatic N) is 1. The molecule has 0 aromatic heterocycles. The Bertz CT molecular complexity index is 1100. The van der Waals surface area contributed by atoms with Crippen molar-refractivity contribution in [3.63, 3.8) is 0 Å². The molecule has 1 aliphatic rings. The lowest BCUT2D eigenvalue weighted by molar-refractivity contribution is -0.154. The van der Waals surface area contributed by atoms with Crippen molar-refractivity contribution in [1.29, 1.82) is 0 Å². The van der Waals surface area contributed by atoms with Crippen LogP contribution in [0.2, 0.25) is 0 Å². The van der Waals surface area contributed by atoms with Gasteiger partial charge in [-0.3, -0.25) is 14.4 Å². The maximum Gasteiger partial charge on any atom is 0.254 e. The summed E-state index contributed by atoms with van der Waals surface area (Å²) in [6, 6.07) is 12.8. The first-order valence-electron chi connectivity index (χ1n) is 13.7. The van der Waals surface area contributed by atoms with E-state index in [-0.39, 0.29) is 17.7 Å². The van der Waals surface area contributed by atoms with Crippen LogP contribution < -0.4 is 16.0 Å². The number of fused-ring (bicyclic) bond motifs is 1. The van der Waals surface area contributed by atoms with Crippen LogP contribution in [0, 0.1) is 5.92 Å². The van der Waals surface area contributed by atoms with Crippen LogP contribution in [-0.2, 0) is 25.5 Å². The normalized spacial score (nSPS) is 16.6. The lowest BCUT2D eigenvalue weighted by Crippen LogP contribution is -2.56. The van der Waals surface area contributed by atoms with E-state index in [1.165, 1.54) is 7.11 Å². The van der Waals surface area contributed by atoms with Gasteiger partial charge in [0.05, 0.1) is 0 Å². The van der Waals surface area contributed by atoms with E-state index in [0.717, 1.165) is 42.3 Å². The predicted octanol–water partition coefficient (Wildman–Crippen LogP) is 3.04. The average Bonchev–Trinajstić information content (AvgIpc) is 3.39. The molecular weight excluding hydrogens is 480 g/mol. The quantitative estimate of drug-likeness (QED) is 0.350. The molecule has 0 spiro atoms. The van der Waals surface area contributed by atoms with E-state index in [9.17, 15) is 14.4 Å². The minimum absolute atomic E-state index is 0.219. The Kier molecular flexibility index (Phi) is 10.7. The number of likely N-dealkylation sites (tertiary alicyclic amines) is 1. The van der Waals surface area contributed by atoms with E-state index in [0.29, 0.717) is 31.8 Å². The Morgan fingerprint density at radius 3 is 2.53 bits per heavy atom. The maximum absolute atomic E-state index is 13.4. The first-order valence-corrected chi connectivity index (χ1v) is 13.7. The Balaban J connectivity index is 1.71. The molecule has 208 valence electrons. The van der Waals surface area contributed by atoms with Crippen LogP contribution in [0.1, 0.15) is 52.5 Å². The van der Waals surface area contributed by atoms with Crippen molar-refractivity contribution in [3.8, 4) is 0 Å². The molecule has 0 aliphatic carbocycles. The number of rotatable bonds is 13. The van der Waals surface area contributed by atoms with E-state index >= 15 is 0 Å². The summed E-state index contributed by atoms with van der Waals surface area (Å²) in [4.78, 5) is 41.4. The number of hydrogen-bond acceptors (Lipinski definition) is 5. The summed E-state index contributed by atoms with van der Waals surface area (Å²) < 4.78 is 5.37. The number of amides is 3. The number of carbonyl (C=O) groups excluding carboxylic acids is 3. The molecule has 2 aromatic rings. The highest BCUT2D eigenvalue weighted by Crippen LogP contribution is 2.23. The number of hydrogen-bond donors (Lipinski definition) is 3. The van der Waals surface area contributed by atoms with E-state index in [1.807, 2.05) is 36.4 Å². The fourth-order valence-corrected chi connectivity index (χ4v) is 4.73. The van der Waals surface area contributed by atoms with E-state index < -0.39 is 17.7 Å². The predicted molar refractivity (Wildman–Crippen MR) is 151 cm³/mol. The Morgan fingerprint density at radius 1 is 1.08 bits per heavy atom. The monoisotopic (exact) mass is 524 g/mol. The Hall–Kier alpha value is -2.97. The highest BCUT2D eigenvalue weighted by molar-refractivity contribution is 5.94. The van der Waals surface area contributed by atoms with Crippen LogP contribution in [0.3, 0.4) is 0 Å². The minimum Gasteiger partial charge on any atom is -0.369 e. The summed E-state index contributed by atoms with van der Waals surface area (Å²) in [5, 5.41) is 11.6. The number of methoxy groups -OCH3 is 1. The van der Waals surface area contributed by atoms with Crippen LogP contribution in [0.15, 0.2) is 42.5 Å². The van der Waals surface area contributed by atoms with Gasteiger partial charge in [0.15, 0.2) is 0 Å². The Morgan fingerprint density at radius 2 is 1.82 bits per heavy atom. The molecule has 3 N–H and O–H groups in total. The lowest BCUT2D eigenvalue weighted by Gasteiger charge is -2.32. The lowest BCUT2D eigenvalue weighted by atomic mass is 10.0. The highest BCUT2D eigenvalue weighted by Gasteiger charge is 2.41. The van der Waals surface area contributed by atoms with Gasteiger partial charge < -0.3 is 25.6 Å². The highest BCUT2D eigenvalue weighted by atomic mass is 16.5. The smallest absolute Gasteiger partial charge is 0.254 e. The van der Waals surface area contributed by atoms with Gasteiger partial charge in [-0.2, -0.15) is 0 Å². The van der Waals surface area contributed by atoms with Gasteiger partial charge in [-0.05, 0) is 68.5 Å². The van der Waals surface area contributed by atoms with Gasteiger partial charge in [-0.25, -0.2) is 0 Å². The summed E-state index contributed by atoms with van der Waals surface area (Å²) in [6.45, 7) is 10.5. The van der Waals surface area contributed by atoms with Crippen LogP contribution in [-0.4, -0.2) is 73.6 Å². The largest absolute Gasteiger partial charge is 0.369 e. The molecule has 8 heteroatoms. The molecule has 1 aliphatic heterocycles. The van der Waals surface area contributed by atoms with Gasteiger partial charge in [0.2, 0.25) is 11.8 Å². The van der Waals surface area contributed by atoms with Crippen molar-refractivity contribution >= 4 is 28.5 Å². The topological polar surface area (TPSA) is 99.8 Å². The van der Waals surface area contributed by atoms with Gasteiger partial charge in [0.25, 0.3) is 5.91 Å². The molecule has 38 heavy (non-hydrogen) atoms. The second-order valence-electron chi connectivity index (χ2n) is 11.1. The fourth-order valence-electron chi connectivity index (χ4n) is 4.73. The molecule has 3 rings (SSSR count). The standard InChI is InChI=1S/C30H44N4O4/c1-21(2)20-31-15-9-16-32-27(35)25(19-22-13-14-23-10-6-7-11-24(23)18-22)33-28(36)26-12-8-17-34(26)29(37)30(3,4)38-5/h6-7,10-11,13-14,18,21,25-26,31H,8-9,12,15-17,19-20H2,1-5H3,(H,32,35)(H,33,36). The third-order valence-electron chi connectivity index (χ3n) is 7.11. The molecule has 2 atom stereocenters. The molecule has 3 amide bonds. The summed E-state index contributed by atoms with van der Waals surface area (Å²) in [7, 11) is 1.49. The van der Waals surface area contributed by atoms with Gasteiger partial charge in [0.1, 0.15) is 17.7 Å². The van der Waals surface area contributed by atoms with Crippen molar-refractivity contribution in [3.05, 3.63) is 48.0 Å². The molecule has 2 aromatic carbocycles. The SMILES string of the molecule is COC(C)(C)C(=O)N1CCCC1C(=O)NC(Cc1ccc2ccccc2c1)C(=O)NCCCNCC(C)C. The molecule has 1 fully saturated rings. The zero-order valence-electron chi connectivity index (χ0n) is 23.5. The maximum atomic E-state index is 13.4. The van der Waals surface area contributed by atoms with Gasteiger partial charge in [-0.15, -0.1) is 0 Å². The number of carbonyl (C=O) groups is 3. The molecule has 0 radical (unpaired) electrons. The number of nitrogens with one attached hydrogen (secondary N) is 3. The van der Waals surface area contributed by atoms with Crippen LogP contribution in [0.5, 0.6) is 0 Å². The molecule has 1 saturated heterocycles. The molecule has 8 nitrogen and oxygen atoms in total. The fraction of sp³-hybridized carbons (Fsp3) is 0.567. The minimum atomic E-state index is -1.02. The third-order valence-corrected chi connectivity index (χ3v) is 7.11. The van der Waals surface area contributed by atoms with Crippen LogP contribution in [0.25, 0.3) is 10.8 Å². The number of ether oxygens (including phenoxy) is 1. The molecule has 0 saturated carbocycles. The van der Waals surface area contributed by atoms with Crippen LogP contribution >= 0.6 is 0 Å². The molecule has 0 bridgehead atoms.